The first-order valence-corrected chi connectivity index (χ1v) is 32.4. The van der Waals surface area contributed by atoms with Crippen LogP contribution in [-0.2, 0) is 52.7 Å². The number of methoxy groups -OCH3 is 3. The van der Waals surface area contributed by atoms with Gasteiger partial charge in [0.2, 0.25) is 0 Å². The van der Waals surface area contributed by atoms with Crippen LogP contribution in [-0.4, -0.2) is 69.5 Å². The van der Waals surface area contributed by atoms with Gasteiger partial charge >= 0.3 is 0 Å². The second-order valence-corrected chi connectivity index (χ2v) is 26.4. The minimum absolute atomic E-state index is 0.00693. The Labute approximate surface area is 479 Å². The van der Waals surface area contributed by atoms with Crippen LogP contribution in [0, 0.1) is 29.6 Å². The molecule has 0 amide bonds. The Kier molecular flexibility index (Phi) is 29.5. The summed E-state index contributed by atoms with van der Waals surface area (Å²) in [5, 5.41) is 9.39. The third-order valence-electron chi connectivity index (χ3n) is 19.3. The second kappa shape index (κ2) is 34.7. The van der Waals surface area contributed by atoms with E-state index in [9.17, 15) is 5.11 Å². The highest BCUT2D eigenvalue weighted by Crippen LogP contribution is 2.46. The number of nitrogens with two attached hydrogens (primary N) is 3. The van der Waals surface area contributed by atoms with E-state index in [0.29, 0.717) is 17.8 Å². The van der Waals surface area contributed by atoms with E-state index in [0.717, 1.165) is 88.4 Å². The first kappa shape index (κ1) is 66.2. The van der Waals surface area contributed by atoms with Gasteiger partial charge in [0, 0.05) is 57.8 Å². The van der Waals surface area contributed by atoms with Crippen LogP contribution >= 0.6 is 0 Å². The molecule has 0 radical (unpaired) electrons. The van der Waals surface area contributed by atoms with Crippen molar-refractivity contribution in [1.82, 2.24) is 0 Å². The van der Waals surface area contributed by atoms with Crippen molar-refractivity contribution in [2.45, 2.75) is 263 Å². The molecule has 442 valence electrons. The van der Waals surface area contributed by atoms with E-state index in [1.54, 1.807) is 53.2 Å². The highest BCUT2D eigenvalue weighted by molar-refractivity contribution is 5.38. The SMILES string of the molecule is CC.CCCCCOC.COCCCC1CCc2cc([C@H]3CC[C@](N)(CC(C)C[C@@]4(N)CC[C@H](C)C4)C3)ccc2C1.COCCCCCCC1CCc2ccccc2C1.C[C@@H]1CCc2cc([C@H]3CC[C@](N)(CO)C3)ccc2C1. The van der Waals surface area contributed by atoms with E-state index in [4.69, 9.17) is 31.4 Å². The Morgan fingerprint density at radius 1 is 0.513 bits per heavy atom. The molecule has 78 heavy (non-hydrogen) atoms. The molecule has 7 N–H and O–H groups in total. The van der Waals surface area contributed by atoms with E-state index >= 15 is 0 Å². The van der Waals surface area contributed by atoms with Crippen molar-refractivity contribution >= 4 is 0 Å². The van der Waals surface area contributed by atoms with Gasteiger partial charge in [0.25, 0.3) is 0 Å². The molecule has 9 rings (SSSR count). The molecule has 3 aromatic carbocycles. The minimum Gasteiger partial charge on any atom is -0.394 e. The van der Waals surface area contributed by atoms with Gasteiger partial charge in [-0.3, -0.25) is 0 Å². The molecule has 0 saturated heterocycles. The molecular formula is C71H119N3O4. The number of aliphatic hydroxyl groups excluding tert-OH is 1. The summed E-state index contributed by atoms with van der Waals surface area (Å²) in [6.45, 7) is 16.1. The van der Waals surface area contributed by atoms with E-state index in [1.807, 2.05) is 21.0 Å². The summed E-state index contributed by atoms with van der Waals surface area (Å²) in [4.78, 5) is 0. The van der Waals surface area contributed by atoms with E-state index < -0.39 is 0 Å². The van der Waals surface area contributed by atoms with E-state index in [-0.39, 0.29) is 23.2 Å². The van der Waals surface area contributed by atoms with Gasteiger partial charge in [-0.05, 0) is 240 Å². The van der Waals surface area contributed by atoms with Crippen molar-refractivity contribution in [3.63, 3.8) is 0 Å². The van der Waals surface area contributed by atoms with Gasteiger partial charge in [0.1, 0.15) is 0 Å². The number of unbranched alkanes of at least 4 members (excludes halogenated alkanes) is 5. The van der Waals surface area contributed by atoms with Crippen LogP contribution in [0.25, 0.3) is 0 Å². The molecule has 10 atom stereocenters. The number of aryl methyl sites for hydroxylation is 3. The number of benzene rings is 3. The fourth-order valence-corrected chi connectivity index (χ4v) is 14.9. The van der Waals surface area contributed by atoms with Crippen molar-refractivity contribution in [2.75, 3.05) is 47.8 Å². The summed E-state index contributed by atoms with van der Waals surface area (Å²) < 4.78 is 15.2. The predicted molar refractivity (Wildman–Crippen MR) is 333 cm³/mol. The summed E-state index contributed by atoms with van der Waals surface area (Å²) in [7, 11) is 5.34. The molecular weight excluding hydrogens is 959 g/mol. The zero-order valence-electron chi connectivity index (χ0n) is 51.8. The molecule has 7 heteroatoms. The Bertz CT molecular complexity index is 2110. The van der Waals surface area contributed by atoms with Crippen LogP contribution in [0.2, 0.25) is 0 Å². The van der Waals surface area contributed by atoms with Gasteiger partial charge in [-0.1, -0.05) is 141 Å². The molecule has 3 unspecified atom stereocenters. The summed E-state index contributed by atoms with van der Waals surface area (Å²) in [5.74, 6) is 5.18. The third kappa shape index (κ3) is 21.9. The molecule has 0 bridgehead atoms. The zero-order chi connectivity index (χ0) is 56.4. The number of rotatable bonds is 22. The Morgan fingerprint density at radius 3 is 1.55 bits per heavy atom. The van der Waals surface area contributed by atoms with E-state index in [2.05, 4.69) is 88.4 Å². The number of fused-ring (bicyclic) bond motifs is 3. The standard InChI is InChI=1S/C29H48N2O.C17H25NO.C17H26O.C6H14O.C2H6/c1-21-10-12-28(30,17-21)18-22(2)19-29(31)13-11-27(20-29)26-9-8-24-15-23(5-4-14-32-3)6-7-25(24)16-26;1-12-2-3-14-9-15(5-4-13(14)8-12)16-6-7-17(18,10-16)11-19;1-18-13-7-3-2-4-8-15-11-12-16-9-5-6-10-17(16)14-15;1-3-4-5-6-7-2;1-2/h8-9,16,21-23,27H,4-7,10-15,17-20,30-31H2,1-3H3;4-5,9,12,16,19H,2-3,6-8,10-11,18H2,1H3;5-6,9-10,15H,2-4,7-8,11-14H2,1H3;3-6H2,1-2H3;1-2H3/t21-,22?,23?,27-,28+,29-;12-,16+,17-;;;/m01.../s1. The van der Waals surface area contributed by atoms with Crippen LogP contribution in [0.15, 0.2) is 60.7 Å². The lowest BCUT2D eigenvalue weighted by Crippen LogP contribution is -2.43. The van der Waals surface area contributed by atoms with Crippen molar-refractivity contribution in [3.8, 4) is 0 Å². The zero-order valence-corrected chi connectivity index (χ0v) is 51.8. The summed E-state index contributed by atoms with van der Waals surface area (Å²) in [5.41, 5.74) is 32.1. The maximum atomic E-state index is 9.39. The molecule has 3 aromatic rings. The fourth-order valence-electron chi connectivity index (χ4n) is 14.9. The minimum atomic E-state index is -0.338. The number of aliphatic hydroxyl groups is 1. The molecule has 0 heterocycles. The van der Waals surface area contributed by atoms with Gasteiger partial charge in [0.15, 0.2) is 0 Å². The summed E-state index contributed by atoms with van der Waals surface area (Å²) >= 11 is 0. The molecule has 3 saturated carbocycles. The van der Waals surface area contributed by atoms with E-state index in [1.165, 1.54) is 153 Å². The first-order chi connectivity index (χ1) is 37.7. The molecule has 7 nitrogen and oxygen atoms in total. The summed E-state index contributed by atoms with van der Waals surface area (Å²) in [6, 6.07) is 23.4. The summed E-state index contributed by atoms with van der Waals surface area (Å²) in [6.07, 6.45) is 37.2. The molecule has 0 aliphatic heterocycles. The highest BCUT2D eigenvalue weighted by atomic mass is 16.5. The van der Waals surface area contributed by atoms with Crippen LogP contribution in [0.3, 0.4) is 0 Å². The van der Waals surface area contributed by atoms with Gasteiger partial charge in [0.05, 0.1) is 6.61 Å². The number of hydrogen-bond acceptors (Lipinski definition) is 7. The fraction of sp³-hybridized carbons (Fsp3) is 0.746. The Balaban J connectivity index is 0.000000209. The highest BCUT2D eigenvalue weighted by Gasteiger charge is 2.41. The van der Waals surface area contributed by atoms with Crippen LogP contribution in [0.4, 0.5) is 0 Å². The normalized spacial score (nSPS) is 28.2. The first-order valence-electron chi connectivity index (χ1n) is 32.4. The smallest absolute Gasteiger partial charge is 0.0611 e. The molecule has 0 aromatic heterocycles. The van der Waals surface area contributed by atoms with Gasteiger partial charge < -0.3 is 36.5 Å². The van der Waals surface area contributed by atoms with Gasteiger partial charge in [-0.15, -0.1) is 0 Å². The quantitative estimate of drug-likeness (QED) is 0.0739. The predicted octanol–water partition coefficient (Wildman–Crippen LogP) is 16.1. The lowest BCUT2D eigenvalue weighted by atomic mass is 9.78. The largest absolute Gasteiger partial charge is 0.394 e. The maximum absolute atomic E-state index is 9.39. The lowest BCUT2D eigenvalue weighted by Gasteiger charge is -2.33. The average molecular weight is 1080 g/mol. The topological polar surface area (TPSA) is 126 Å². The van der Waals surface area contributed by atoms with Crippen molar-refractivity contribution in [1.29, 1.82) is 0 Å². The van der Waals surface area contributed by atoms with Gasteiger partial charge in [-0.2, -0.15) is 0 Å². The van der Waals surface area contributed by atoms with Crippen LogP contribution in [0.5, 0.6) is 0 Å². The third-order valence-corrected chi connectivity index (χ3v) is 19.3. The monoisotopic (exact) mass is 1080 g/mol. The van der Waals surface area contributed by atoms with Crippen LogP contribution < -0.4 is 17.2 Å². The Hall–Kier alpha value is -2.62. The average Bonchev–Trinajstić information content (AvgIpc) is 4.17. The number of ether oxygens (including phenoxy) is 3. The van der Waals surface area contributed by atoms with Gasteiger partial charge in [-0.25, -0.2) is 0 Å². The second-order valence-electron chi connectivity index (χ2n) is 26.4. The van der Waals surface area contributed by atoms with Crippen molar-refractivity contribution < 1.29 is 19.3 Å². The maximum Gasteiger partial charge on any atom is 0.0611 e. The van der Waals surface area contributed by atoms with Crippen LogP contribution in [0.1, 0.15) is 252 Å². The lowest BCUT2D eigenvalue weighted by molar-refractivity contribution is 0.185. The molecule has 0 spiro atoms. The molecule has 6 aliphatic rings. The number of hydrogen-bond donors (Lipinski definition) is 4. The Morgan fingerprint density at radius 2 is 0.987 bits per heavy atom. The molecule has 3 fully saturated rings. The van der Waals surface area contributed by atoms with Crippen molar-refractivity contribution in [3.05, 3.63) is 105 Å². The van der Waals surface area contributed by atoms with Crippen molar-refractivity contribution in [2.24, 2.45) is 46.8 Å². The molecule has 6 aliphatic carbocycles.